The average Bonchev–Trinajstić information content (AvgIpc) is 2.32. The van der Waals surface area contributed by atoms with E-state index in [9.17, 15) is 4.79 Å². The van der Waals surface area contributed by atoms with Crippen LogP contribution >= 0.6 is 15.9 Å². The number of aryl methyl sites for hydroxylation is 2. The fourth-order valence-corrected chi connectivity index (χ4v) is 2.01. The Hall–Kier alpha value is -1.75. The molecule has 1 heterocycles. The minimum absolute atomic E-state index is 0.231. The van der Waals surface area contributed by atoms with E-state index >= 15 is 0 Å². The fourth-order valence-electron chi connectivity index (χ4n) is 1.54. The molecule has 2 aromatic rings. The number of nitrogens with zero attached hydrogens (tertiary/aromatic N) is 2. The van der Waals surface area contributed by atoms with Gasteiger partial charge in [0.05, 0.1) is 0 Å². The van der Waals surface area contributed by atoms with Crippen LogP contribution < -0.4 is 5.32 Å². The van der Waals surface area contributed by atoms with Crippen molar-refractivity contribution in [1.82, 2.24) is 9.97 Å². The molecular formula is C13H12BrN3O. The summed E-state index contributed by atoms with van der Waals surface area (Å²) in [7, 11) is 0. The first kappa shape index (κ1) is 12.7. The molecule has 1 aromatic carbocycles. The molecule has 1 N–H and O–H groups in total. The minimum Gasteiger partial charge on any atom is -0.320 e. The lowest BCUT2D eigenvalue weighted by molar-refractivity contribution is 0.102. The smallest absolute Gasteiger partial charge is 0.274 e. The number of benzene rings is 1. The zero-order valence-corrected chi connectivity index (χ0v) is 11.7. The normalized spacial score (nSPS) is 10.2. The molecule has 0 atom stereocenters. The Morgan fingerprint density at radius 2 is 2.06 bits per heavy atom. The first-order chi connectivity index (χ1) is 8.56. The van der Waals surface area contributed by atoms with Gasteiger partial charge in [0.15, 0.2) is 0 Å². The summed E-state index contributed by atoms with van der Waals surface area (Å²) in [5, 5.41) is 2.83. The molecule has 0 radical (unpaired) electrons. The van der Waals surface area contributed by atoms with Crippen molar-refractivity contribution < 1.29 is 4.79 Å². The summed E-state index contributed by atoms with van der Waals surface area (Å²) in [6.45, 7) is 3.69. The second kappa shape index (κ2) is 5.27. The van der Waals surface area contributed by atoms with Crippen molar-refractivity contribution in [3.63, 3.8) is 0 Å². The van der Waals surface area contributed by atoms with Gasteiger partial charge in [-0.3, -0.25) is 4.79 Å². The third kappa shape index (κ3) is 2.92. The number of anilines is 1. The maximum absolute atomic E-state index is 12.0. The van der Waals surface area contributed by atoms with Crippen molar-refractivity contribution in [1.29, 1.82) is 0 Å². The summed E-state index contributed by atoms with van der Waals surface area (Å²) < 4.78 is 0.982. The van der Waals surface area contributed by atoms with Crippen LogP contribution in [0.5, 0.6) is 0 Å². The second-order valence-electron chi connectivity index (χ2n) is 3.90. The zero-order valence-electron chi connectivity index (χ0n) is 10.1. The molecule has 4 nitrogen and oxygen atoms in total. The number of hydrogen-bond acceptors (Lipinski definition) is 3. The molecule has 18 heavy (non-hydrogen) atoms. The van der Waals surface area contributed by atoms with Crippen molar-refractivity contribution in [2.75, 3.05) is 5.32 Å². The van der Waals surface area contributed by atoms with Crippen LogP contribution in [0.15, 0.2) is 34.9 Å². The van der Waals surface area contributed by atoms with Crippen LogP contribution in [0.4, 0.5) is 5.69 Å². The predicted octanol–water partition coefficient (Wildman–Crippen LogP) is 3.11. The molecule has 2 rings (SSSR count). The van der Waals surface area contributed by atoms with E-state index in [1.807, 2.05) is 25.1 Å². The Labute approximate surface area is 114 Å². The molecule has 0 aliphatic heterocycles. The third-order valence-corrected chi connectivity index (χ3v) is 2.94. The number of carbonyl (C=O) groups excluding carboxylic acids is 1. The fraction of sp³-hybridized carbons (Fsp3) is 0.154. The standard InChI is InChI=1S/C13H12BrN3O/c1-8-7-10(14)3-4-11(8)17-13(18)12-5-6-15-9(2)16-12/h3-7H,1-2H3,(H,17,18). The van der Waals surface area contributed by atoms with E-state index in [2.05, 4.69) is 31.2 Å². The van der Waals surface area contributed by atoms with Gasteiger partial charge in [-0.2, -0.15) is 0 Å². The van der Waals surface area contributed by atoms with Crippen molar-refractivity contribution in [3.8, 4) is 0 Å². The van der Waals surface area contributed by atoms with E-state index in [0.29, 0.717) is 11.5 Å². The van der Waals surface area contributed by atoms with E-state index in [-0.39, 0.29) is 5.91 Å². The highest BCUT2D eigenvalue weighted by Crippen LogP contribution is 2.20. The largest absolute Gasteiger partial charge is 0.320 e. The van der Waals surface area contributed by atoms with Gasteiger partial charge in [0.2, 0.25) is 0 Å². The van der Waals surface area contributed by atoms with Crippen LogP contribution in [0.1, 0.15) is 21.9 Å². The number of halogens is 1. The maximum Gasteiger partial charge on any atom is 0.274 e. The van der Waals surface area contributed by atoms with Crippen LogP contribution in [0.2, 0.25) is 0 Å². The van der Waals surface area contributed by atoms with Gasteiger partial charge in [-0.05, 0) is 43.7 Å². The van der Waals surface area contributed by atoms with Crippen molar-refractivity contribution in [3.05, 3.63) is 52.0 Å². The van der Waals surface area contributed by atoms with E-state index < -0.39 is 0 Å². The highest BCUT2D eigenvalue weighted by Gasteiger charge is 2.09. The molecule has 0 bridgehead atoms. The van der Waals surface area contributed by atoms with Gasteiger partial charge in [-0.1, -0.05) is 15.9 Å². The Morgan fingerprint density at radius 1 is 1.28 bits per heavy atom. The number of aromatic nitrogens is 2. The Balaban J connectivity index is 2.21. The first-order valence-electron chi connectivity index (χ1n) is 5.43. The SMILES string of the molecule is Cc1nccc(C(=O)Nc2ccc(Br)cc2C)n1. The lowest BCUT2D eigenvalue weighted by Gasteiger charge is -2.08. The molecule has 0 unspecified atom stereocenters. The summed E-state index contributed by atoms with van der Waals surface area (Å²) in [5.74, 6) is 0.348. The van der Waals surface area contributed by atoms with Crippen LogP contribution in [0, 0.1) is 13.8 Å². The molecule has 1 aromatic heterocycles. The molecule has 92 valence electrons. The van der Waals surface area contributed by atoms with Crippen LogP contribution in [0.25, 0.3) is 0 Å². The lowest BCUT2D eigenvalue weighted by atomic mass is 10.2. The van der Waals surface area contributed by atoms with Gasteiger partial charge < -0.3 is 5.32 Å². The van der Waals surface area contributed by atoms with E-state index in [1.54, 1.807) is 19.2 Å². The maximum atomic E-state index is 12.0. The van der Waals surface area contributed by atoms with Crippen LogP contribution in [0.3, 0.4) is 0 Å². The van der Waals surface area contributed by atoms with E-state index in [4.69, 9.17) is 0 Å². The minimum atomic E-state index is -0.231. The van der Waals surface area contributed by atoms with Crippen molar-refractivity contribution >= 4 is 27.5 Å². The third-order valence-electron chi connectivity index (χ3n) is 2.45. The van der Waals surface area contributed by atoms with Gasteiger partial charge in [0.1, 0.15) is 11.5 Å². The predicted molar refractivity (Wildman–Crippen MR) is 73.6 cm³/mol. The summed E-state index contributed by atoms with van der Waals surface area (Å²) in [5.41, 5.74) is 2.13. The van der Waals surface area contributed by atoms with Gasteiger partial charge in [0, 0.05) is 16.4 Å². The quantitative estimate of drug-likeness (QED) is 0.927. The zero-order chi connectivity index (χ0) is 13.1. The van der Waals surface area contributed by atoms with Gasteiger partial charge in [0.25, 0.3) is 5.91 Å². The Kier molecular flexibility index (Phi) is 3.72. The summed E-state index contributed by atoms with van der Waals surface area (Å²) in [6, 6.07) is 7.27. The van der Waals surface area contributed by atoms with Crippen molar-refractivity contribution in [2.24, 2.45) is 0 Å². The number of rotatable bonds is 2. The average molecular weight is 306 g/mol. The summed E-state index contributed by atoms with van der Waals surface area (Å²) in [6.07, 6.45) is 1.58. The number of carbonyl (C=O) groups is 1. The van der Waals surface area contributed by atoms with Crippen LogP contribution in [-0.4, -0.2) is 15.9 Å². The second-order valence-corrected chi connectivity index (χ2v) is 4.82. The molecular weight excluding hydrogens is 294 g/mol. The number of hydrogen-bond donors (Lipinski definition) is 1. The molecule has 0 fully saturated rings. The topological polar surface area (TPSA) is 54.9 Å². The van der Waals surface area contributed by atoms with Gasteiger partial charge in [-0.15, -0.1) is 0 Å². The monoisotopic (exact) mass is 305 g/mol. The molecule has 0 saturated heterocycles. The molecule has 1 amide bonds. The highest BCUT2D eigenvalue weighted by atomic mass is 79.9. The first-order valence-corrected chi connectivity index (χ1v) is 6.23. The summed E-state index contributed by atoms with van der Waals surface area (Å²) >= 11 is 3.38. The van der Waals surface area contributed by atoms with Crippen molar-refractivity contribution in [2.45, 2.75) is 13.8 Å². The lowest BCUT2D eigenvalue weighted by Crippen LogP contribution is -2.15. The Bertz CT molecular complexity index is 599. The number of nitrogens with one attached hydrogen (secondary N) is 1. The van der Waals surface area contributed by atoms with Crippen LogP contribution in [-0.2, 0) is 0 Å². The Morgan fingerprint density at radius 3 is 2.72 bits per heavy atom. The molecule has 0 aliphatic rings. The van der Waals surface area contributed by atoms with E-state index in [0.717, 1.165) is 15.7 Å². The van der Waals surface area contributed by atoms with E-state index in [1.165, 1.54) is 0 Å². The molecule has 0 spiro atoms. The number of amides is 1. The molecule has 0 saturated carbocycles. The summed E-state index contributed by atoms with van der Waals surface area (Å²) in [4.78, 5) is 20.0. The van der Waals surface area contributed by atoms with Gasteiger partial charge >= 0.3 is 0 Å². The molecule has 5 heteroatoms. The van der Waals surface area contributed by atoms with Gasteiger partial charge in [-0.25, -0.2) is 9.97 Å². The molecule has 0 aliphatic carbocycles. The highest BCUT2D eigenvalue weighted by molar-refractivity contribution is 9.10.